The van der Waals surface area contributed by atoms with E-state index in [0.717, 1.165) is 25.7 Å². The van der Waals surface area contributed by atoms with Gasteiger partial charge in [-0.05, 0) is 53.6 Å². The van der Waals surface area contributed by atoms with Crippen molar-refractivity contribution in [3.05, 3.63) is 27.3 Å². The second-order valence-electron chi connectivity index (χ2n) is 4.77. The number of nitrogens with one attached hydrogen (secondary N) is 1. The summed E-state index contributed by atoms with van der Waals surface area (Å²) in [7, 11) is 0. The van der Waals surface area contributed by atoms with Crippen molar-refractivity contribution in [1.82, 2.24) is 5.32 Å². The molecule has 0 aromatic heterocycles. The average molecular weight is 390 g/mol. The number of carbonyl (C=O) groups excluding carboxylic acids is 1. The van der Waals surface area contributed by atoms with Crippen molar-refractivity contribution in [3.8, 4) is 5.75 Å². The van der Waals surface area contributed by atoms with Gasteiger partial charge in [-0.15, -0.1) is 0 Å². The molecular weight excluding hydrogens is 375 g/mol. The molecule has 102 valence electrons. The Hall–Kier alpha value is -0.890. The Morgan fingerprint density at radius 3 is 2.58 bits per heavy atom. The summed E-state index contributed by atoms with van der Waals surface area (Å²) in [5, 5.41) is 12.6. The molecule has 1 aliphatic carbocycles. The molecule has 0 saturated heterocycles. The van der Waals surface area contributed by atoms with Crippen LogP contribution in [0.15, 0.2) is 18.2 Å². The molecule has 6 heteroatoms. The van der Waals surface area contributed by atoms with E-state index in [9.17, 15) is 9.90 Å². The minimum atomic E-state index is -0.564. The SMILES string of the molecule is NC(=S)C1(NC(=O)c2ccc(I)c(O)c2)CCCC1. The van der Waals surface area contributed by atoms with E-state index in [0.29, 0.717) is 14.1 Å². The first kappa shape index (κ1) is 14.5. The van der Waals surface area contributed by atoms with Crippen molar-refractivity contribution in [2.24, 2.45) is 5.73 Å². The van der Waals surface area contributed by atoms with Crippen molar-refractivity contribution in [2.75, 3.05) is 0 Å². The van der Waals surface area contributed by atoms with Gasteiger partial charge >= 0.3 is 0 Å². The minimum absolute atomic E-state index is 0.101. The summed E-state index contributed by atoms with van der Waals surface area (Å²) in [6.07, 6.45) is 3.58. The molecule has 1 saturated carbocycles. The predicted molar refractivity (Wildman–Crippen MR) is 86.3 cm³/mol. The van der Waals surface area contributed by atoms with Crippen LogP contribution in [0.5, 0.6) is 5.75 Å². The third-order valence-corrected chi connectivity index (χ3v) is 4.79. The fraction of sp³-hybridized carbons (Fsp3) is 0.385. The first-order chi connectivity index (χ1) is 8.94. The summed E-state index contributed by atoms with van der Waals surface area (Å²) < 4.78 is 0.707. The molecule has 1 aromatic carbocycles. The number of hydrogen-bond donors (Lipinski definition) is 3. The van der Waals surface area contributed by atoms with Gasteiger partial charge in [0.25, 0.3) is 5.91 Å². The number of phenolic OH excluding ortho intramolecular Hbond substituents is 1. The average Bonchev–Trinajstić information content (AvgIpc) is 2.82. The van der Waals surface area contributed by atoms with E-state index >= 15 is 0 Å². The number of benzene rings is 1. The molecule has 4 nitrogen and oxygen atoms in total. The fourth-order valence-corrected chi connectivity index (χ4v) is 2.95. The van der Waals surface area contributed by atoms with Gasteiger partial charge in [-0.1, -0.05) is 25.1 Å². The van der Waals surface area contributed by atoms with Crippen LogP contribution in [0.1, 0.15) is 36.0 Å². The maximum atomic E-state index is 12.2. The molecular formula is C13H15IN2O2S. The lowest BCUT2D eigenvalue weighted by molar-refractivity contribution is 0.0924. The number of nitrogens with two attached hydrogens (primary N) is 1. The zero-order valence-electron chi connectivity index (χ0n) is 10.3. The highest BCUT2D eigenvalue weighted by Gasteiger charge is 2.38. The number of aromatic hydroxyl groups is 1. The van der Waals surface area contributed by atoms with Crippen molar-refractivity contribution >= 4 is 45.7 Å². The second kappa shape index (κ2) is 5.62. The lowest BCUT2D eigenvalue weighted by Crippen LogP contribution is -2.54. The van der Waals surface area contributed by atoms with Gasteiger partial charge in [-0.2, -0.15) is 0 Å². The Morgan fingerprint density at radius 2 is 2.05 bits per heavy atom. The summed E-state index contributed by atoms with van der Waals surface area (Å²) in [5.41, 5.74) is 5.63. The molecule has 0 spiro atoms. The third kappa shape index (κ3) is 3.00. The molecule has 0 radical (unpaired) electrons. The zero-order chi connectivity index (χ0) is 14.0. The highest BCUT2D eigenvalue weighted by molar-refractivity contribution is 14.1. The van der Waals surface area contributed by atoms with Gasteiger partial charge in [0.15, 0.2) is 0 Å². The van der Waals surface area contributed by atoms with Crippen LogP contribution < -0.4 is 11.1 Å². The van der Waals surface area contributed by atoms with Crippen LogP contribution in [0.4, 0.5) is 0 Å². The molecule has 0 aliphatic heterocycles. The molecule has 2 rings (SSSR count). The topological polar surface area (TPSA) is 75.3 Å². The monoisotopic (exact) mass is 390 g/mol. The molecule has 0 unspecified atom stereocenters. The third-order valence-electron chi connectivity index (χ3n) is 3.49. The number of halogens is 1. The number of phenols is 1. The van der Waals surface area contributed by atoms with Crippen LogP contribution >= 0.6 is 34.8 Å². The smallest absolute Gasteiger partial charge is 0.252 e. The molecule has 0 atom stereocenters. The number of carbonyl (C=O) groups is 1. The Morgan fingerprint density at radius 1 is 1.42 bits per heavy atom. The molecule has 0 heterocycles. The number of rotatable bonds is 3. The van der Waals surface area contributed by atoms with Crippen molar-refractivity contribution in [1.29, 1.82) is 0 Å². The maximum absolute atomic E-state index is 12.2. The van der Waals surface area contributed by atoms with E-state index in [1.807, 2.05) is 22.6 Å². The van der Waals surface area contributed by atoms with E-state index in [1.165, 1.54) is 6.07 Å². The van der Waals surface area contributed by atoms with E-state index in [-0.39, 0.29) is 11.7 Å². The van der Waals surface area contributed by atoms with Gasteiger partial charge in [0.05, 0.1) is 14.1 Å². The first-order valence-corrected chi connectivity index (χ1v) is 7.54. The highest BCUT2D eigenvalue weighted by atomic mass is 127. The van der Waals surface area contributed by atoms with E-state index in [1.54, 1.807) is 12.1 Å². The van der Waals surface area contributed by atoms with E-state index in [4.69, 9.17) is 18.0 Å². The standard InChI is InChI=1S/C13H15IN2O2S/c14-9-4-3-8(7-10(9)17)11(18)16-13(12(15)19)5-1-2-6-13/h3-4,7,17H,1-2,5-6H2,(H2,15,19)(H,16,18). The Balaban J connectivity index is 2.20. The van der Waals surface area contributed by atoms with Crippen LogP contribution in [-0.2, 0) is 0 Å². The summed E-state index contributed by atoms with van der Waals surface area (Å²) in [6.45, 7) is 0. The zero-order valence-corrected chi connectivity index (χ0v) is 13.3. The lowest BCUT2D eigenvalue weighted by Gasteiger charge is -2.29. The molecule has 4 N–H and O–H groups in total. The summed E-state index contributed by atoms with van der Waals surface area (Å²) >= 11 is 7.10. The van der Waals surface area contributed by atoms with Crippen LogP contribution in [0.2, 0.25) is 0 Å². The number of hydrogen-bond acceptors (Lipinski definition) is 3. The Kier molecular flexibility index (Phi) is 4.29. The van der Waals surface area contributed by atoms with Crippen LogP contribution in [0, 0.1) is 3.57 Å². The van der Waals surface area contributed by atoms with Crippen LogP contribution in [0.3, 0.4) is 0 Å². The lowest BCUT2D eigenvalue weighted by atomic mass is 9.97. The van der Waals surface area contributed by atoms with Gasteiger partial charge in [0.2, 0.25) is 0 Å². The predicted octanol–water partition coefficient (Wildman–Crippen LogP) is 2.33. The molecule has 0 bridgehead atoms. The second-order valence-corrected chi connectivity index (χ2v) is 6.38. The van der Waals surface area contributed by atoms with Crippen molar-refractivity contribution in [3.63, 3.8) is 0 Å². The van der Waals surface area contributed by atoms with Gasteiger partial charge in [0, 0.05) is 5.56 Å². The normalized spacial score (nSPS) is 17.1. The minimum Gasteiger partial charge on any atom is -0.507 e. The highest BCUT2D eigenvalue weighted by Crippen LogP contribution is 2.30. The van der Waals surface area contributed by atoms with E-state index in [2.05, 4.69) is 5.32 Å². The quantitative estimate of drug-likeness (QED) is 0.547. The number of amides is 1. The molecule has 1 fully saturated rings. The maximum Gasteiger partial charge on any atom is 0.252 e. The summed E-state index contributed by atoms with van der Waals surface area (Å²) in [5.74, 6) is -0.148. The summed E-state index contributed by atoms with van der Waals surface area (Å²) in [4.78, 5) is 12.6. The van der Waals surface area contributed by atoms with Crippen LogP contribution in [0.25, 0.3) is 0 Å². The molecule has 1 aliphatic rings. The number of thiocarbonyl (C=S) groups is 1. The van der Waals surface area contributed by atoms with E-state index < -0.39 is 5.54 Å². The summed E-state index contributed by atoms with van der Waals surface area (Å²) in [6, 6.07) is 4.84. The van der Waals surface area contributed by atoms with Gasteiger partial charge in [-0.25, -0.2) is 0 Å². The first-order valence-electron chi connectivity index (χ1n) is 6.05. The van der Waals surface area contributed by atoms with Gasteiger partial charge in [-0.3, -0.25) is 4.79 Å². The molecule has 1 aromatic rings. The van der Waals surface area contributed by atoms with Gasteiger partial charge < -0.3 is 16.2 Å². The Bertz CT molecular complexity index is 527. The van der Waals surface area contributed by atoms with Crippen LogP contribution in [-0.4, -0.2) is 21.5 Å². The largest absolute Gasteiger partial charge is 0.507 e. The fourth-order valence-electron chi connectivity index (χ4n) is 2.35. The molecule has 1 amide bonds. The Labute approximate surface area is 130 Å². The van der Waals surface area contributed by atoms with Crippen molar-refractivity contribution < 1.29 is 9.90 Å². The van der Waals surface area contributed by atoms with Gasteiger partial charge in [0.1, 0.15) is 5.75 Å². The molecule has 19 heavy (non-hydrogen) atoms. The van der Waals surface area contributed by atoms with Crippen molar-refractivity contribution in [2.45, 2.75) is 31.2 Å².